The van der Waals surface area contributed by atoms with Crippen molar-refractivity contribution in [1.29, 1.82) is 0 Å². The third-order valence-corrected chi connectivity index (χ3v) is 17.1. The Labute approximate surface area is 455 Å². The van der Waals surface area contributed by atoms with E-state index >= 15 is 0 Å². The zero-order chi connectivity index (χ0) is 53.2. The van der Waals surface area contributed by atoms with Crippen LogP contribution in [0.15, 0.2) is 176 Å². The van der Waals surface area contributed by atoms with E-state index in [4.69, 9.17) is 9.47 Å². The highest BCUT2D eigenvalue weighted by Crippen LogP contribution is 2.47. The Kier molecular flexibility index (Phi) is 10.1. The molecule has 0 N–H and O–H groups in total. The number of hydrogen-bond donors (Lipinski definition) is 0. The maximum absolute atomic E-state index is 7.25. The summed E-state index contributed by atoms with van der Waals surface area (Å²) in [4.78, 5) is 4.93. The van der Waals surface area contributed by atoms with Crippen LogP contribution >= 0.6 is 0 Å². The van der Waals surface area contributed by atoms with E-state index in [2.05, 4.69) is 273 Å². The van der Waals surface area contributed by atoms with E-state index in [1.54, 1.807) is 0 Å². The number of para-hydroxylation sites is 1. The lowest BCUT2D eigenvalue weighted by Gasteiger charge is -2.41. The highest BCUT2D eigenvalue weighted by molar-refractivity contribution is 7.00. The van der Waals surface area contributed by atoms with Gasteiger partial charge in [-0.3, -0.25) is 0 Å². The van der Waals surface area contributed by atoms with E-state index < -0.39 is 0 Å². The monoisotopic (exact) mass is 1000 g/mol. The second-order valence-corrected chi connectivity index (χ2v) is 26.2. The van der Waals surface area contributed by atoms with Crippen LogP contribution in [0.2, 0.25) is 0 Å². The molecule has 7 heteroatoms. The largest absolute Gasteiger partial charge is 0.458 e. The van der Waals surface area contributed by atoms with Crippen molar-refractivity contribution in [2.75, 3.05) is 9.80 Å². The third kappa shape index (κ3) is 7.29. The first-order valence-electron chi connectivity index (χ1n) is 27.6. The van der Waals surface area contributed by atoms with Gasteiger partial charge in [0.1, 0.15) is 23.0 Å². The lowest BCUT2D eigenvalue weighted by molar-refractivity contribution is 0.488. The number of anilines is 6. The molecule has 0 unspecified atom stereocenters. The average Bonchev–Trinajstić information content (AvgIpc) is 4.00. The van der Waals surface area contributed by atoms with Crippen LogP contribution < -0.4 is 52.1 Å². The number of fused-ring (bicyclic) bond motifs is 11. The summed E-state index contributed by atoms with van der Waals surface area (Å²) in [6.45, 7) is 27.5. The molecule has 10 aromatic rings. The van der Waals surface area contributed by atoms with Gasteiger partial charge in [-0.15, -0.1) is 0 Å². The van der Waals surface area contributed by atoms with E-state index in [9.17, 15) is 0 Å². The van der Waals surface area contributed by atoms with E-state index in [1.165, 1.54) is 77.2 Å². The Balaban J connectivity index is 1.01. The summed E-state index contributed by atoms with van der Waals surface area (Å²) in [5, 5.41) is 2.37. The molecule has 0 saturated carbocycles. The van der Waals surface area contributed by atoms with Crippen molar-refractivity contribution >= 4 is 102 Å². The van der Waals surface area contributed by atoms with Crippen LogP contribution in [0.4, 0.5) is 34.1 Å². The maximum Gasteiger partial charge on any atom is 0.256 e. The van der Waals surface area contributed by atoms with Gasteiger partial charge < -0.3 is 23.8 Å². The third-order valence-electron chi connectivity index (χ3n) is 17.1. The highest BCUT2D eigenvalue weighted by Gasteiger charge is 2.45. The lowest BCUT2D eigenvalue weighted by Crippen LogP contribution is -2.59. The molecule has 378 valence electrons. The highest BCUT2D eigenvalue weighted by atomic mass is 16.5. The molecular formula is C70H65B2N3O2. The zero-order valence-electron chi connectivity index (χ0n) is 46.6. The van der Waals surface area contributed by atoms with Gasteiger partial charge >= 0.3 is 0 Å². The number of ether oxygens (including phenoxy) is 2. The van der Waals surface area contributed by atoms with Crippen LogP contribution in [0.1, 0.15) is 105 Å². The fraction of sp³-hybridized carbons (Fsp3) is 0.229. The molecule has 14 rings (SSSR count). The number of aromatic nitrogens is 1. The zero-order valence-corrected chi connectivity index (χ0v) is 46.6. The molecule has 0 aliphatic carbocycles. The van der Waals surface area contributed by atoms with E-state index in [0.717, 1.165) is 62.5 Å². The van der Waals surface area contributed by atoms with Crippen LogP contribution in [0, 0.1) is 0 Å². The molecule has 5 nitrogen and oxygen atoms in total. The molecule has 0 bridgehead atoms. The summed E-state index contributed by atoms with van der Waals surface area (Å²) in [5.74, 6) is 3.55. The molecule has 5 heterocycles. The van der Waals surface area contributed by atoms with Crippen LogP contribution in [0.3, 0.4) is 0 Å². The topological polar surface area (TPSA) is 29.9 Å². The molecule has 0 fully saturated rings. The van der Waals surface area contributed by atoms with Crippen LogP contribution in [0.5, 0.6) is 23.0 Å². The SMILES string of the molecule is CC(C)(C)c1ccc(N2c3ccc(C(C)(C)C)cc3B3c4cc5c6cc7c(cc6n(-c6ccccc6)c5cc4Oc4cccc2c43)Oc2cccc3c2B7c2cc(C(C)(C)C)ccc2N3c2ccc(C(C)(C)C)cc2)cc1. The van der Waals surface area contributed by atoms with Crippen LogP contribution in [-0.2, 0) is 21.7 Å². The normalized spacial score (nSPS) is 14.3. The second kappa shape index (κ2) is 16.3. The first-order chi connectivity index (χ1) is 36.7. The summed E-state index contributed by atoms with van der Waals surface area (Å²) in [6, 6.07) is 66.3. The minimum atomic E-state index is -0.0771. The summed E-state index contributed by atoms with van der Waals surface area (Å²) in [5.41, 5.74) is 22.8. The van der Waals surface area contributed by atoms with Crippen LogP contribution in [0.25, 0.3) is 27.5 Å². The van der Waals surface area contributed by atoms with Crippen molar-refractivity contribution < 1.29 is 9.47 Å². The molecule has 1 aromatic heterocycles. The van der Waals surface area contributed by atoms with Crippen molar-refractivity contribution in [1.82, 2.24) is 4.57 Å². The molecule has 0 atom stereocenters. The molecule has 77 heavy (non-hydrogen) atoms. The molecule has 0 saturated heterocycles. The van der Waals surface area contributed by atoms with Crippen molar-refractivity contribution in [3.05, 3.63) is 198 Å². The van der Waals surface area contributed by atoms with Gasteiger partial charge in [-0.25, -0.2) is 0 Å². The van der Waals surface area contributed by atoms with E-state index in [1.807, 2.05) is 0 Å². The van der Waals surface area contributed by atoms with Gasteiger partial charge in [0, 0.05) is 62.7 Å². The molecular weight excluding hydrogens is 936 g/mol. The lowest BCUT2D eigenvalue weighted by atomic mass is 9.33. The molecule has 4 aliphatic rings. The number of benzene rings is 9. The molecule has 0 amide bonds. The smallest absolute Gasteiger partial charge is 0.256 e. The van der Waals surface area contributed by atoms with Gasteiger partial charge in [0.05, 0.1) is 11.0 Å². The Morgan fingerprint density at radius 1 is 0.312 bits per heavy atom. The molecule has 0 radical (unpaired) electrons. The Morgan fingerprint density at radius 2 is 0.701 bits per heavy atom. The molecule has 0 spiro atoms. The fourth-order valence-electron chi connectivity index (χ4n) is 12.9. The number of hydrogen-bond acceptors (Lipinski definition) is 4. The minimum Gasteiger partial charge on any atom is -0.458 e. The van der Waals surface area contributed by atoms with Gasteiger partial charge in [0.15, 0.2) is 0 Å². The van der Waals surface area contributed by atoms with E-state index in [-0.39, 0.29) is 35.1 Å². The minimum absolute atomic E-state index is 0.0421. The molecule has 4 aliphatic heterocycles. The summed E-state index contributed by atoms with van der Waals surface area (Å²) in [7, 11) is 0. The standard InChI is InChI=1S/C70H65B2N3O2/c1-67(2,3)42-24-30-47(31-25-42)73-55-34-28-44(69(7,8)9)36-51(55)71-53-38-49-50-39-54-64(41-60(50)75(46-18-14-13-15-19-46)59(49)40-63(53)76-61-22-16-20-57(73)65(61)71)77-62-23-17-21-58-66(62)72(54)52-37-45(70(10,11)12)29-35-56(52)74(58)48-32-26-43(27-33-48)68(4,5)6/h13-41H,1-12H3. The first kappa shape index (κ1) is 47.6. The first-order valence-corrected chi connectivity index (χ1v) is 27.6. The number of nitrogens with zero attached hydrogens (tertiary/aromatic N) is 3. The van der Waals surface area contributed by atoms with Gasteiger partial charge in [0.2, 0.25) is 0 Å². The predicted octanol–water partition coefficient (Wildman–Crippen LogP) is 14.8. The quantitative estimate of drug-likeness (QED) is 0.165. The average molecular weight is 1000 g/mol. The summed E-state index contributed by atoms with van der Waals surface area (Å²) >= 11 is 0. The number of rotatable bonds is 3. The van der Waals surface area contributed by atoms with Crippen molar-refractivity contribution in [3.63, 3.8) is 0 Å². The van der Waals surface area contributed by atoms with Crippen molar-refractivity contribution in [2.45, 2.75) is 105 Å². The van der Waals surface area contributed by atoms with Crippen LogP contribution in [-0.4, -0.2) is 18.0 Å². The van der Waals surface area contributed by atoms with Gasteiger partial charge in [0.25, 0.3) is 13.4 Å². The van der Waals surface area contributed by atoms with Gasteiger partial charge in [-0.1, -0.05) is 174 Å². The van der Waals surface area contributed by atoms with Crippen molar-refractivity contribution in [2.24, 2.45) is 0 Å². The second-order valence-electron chi connectivity index (χ2n) is 26.2. The van der Waals surface area contributed by atoms with Gasteiger partial charge in [-0.2, -0.15) is 0 Å². The van der Waals surface area contributed by atoms with Crippen molar-refractivity contribution in [3.8, 4) is 28.7 Å². The molecule has 9 aromatic carbocycles. The summed E-state index contributed by atoms with van der Waals surface area (Å²) < 4.78 is 16.9. The summed E-state index contributed by atoms with van der Waals surface area (Å²) in [6.07, 6.45) is 0. The van der Waals surface area contributed by atoms with E-state index in [0.29, 0.717) is 0 Å². The maximum atomic E-state index is 7.25. The van der Waals surface area contributed by atoms with Gasteiger partial charge in [-0.05, 0) is 149 Å². The predicted molar refractivity (Wildman–Crippen MR) is 327 cm³/mol. The fourth-order valence-corrected chi connectivity index (χ4v) is 12.9. The Morgan fingerprint density at radius 3 is 1.09 bits per heavy atom. The Hall–Kier alpha value is -7.89. The Bertz CT molecular complexity index is 3840.